The van der Waals surface area contributed by atoms with Gasteiger partial charge >= 0.3 is 0 Å². The van der Waals surface area contributed by atoms with Crippen LogP contribution in [0.25, 0.3) is 10.9 Å². The number of pyridine rings is 1. The van der Waals surface area contributed by atoms with Crippen molar-refractivity contribution in [2.45, 2.75) is 19.3 Å². The van der Waals surface area contributed by atoms with Crippen LogP contribution in [0.4, 0.5) is 5.69 Å². The van der Waals surface area contributed by atoms with E-state index < -0.39 is 0 Å². The van der Waals surface area contributed by atoms with Gasteiger partial charge < -0.3 is 9.64 Å². The lowest BCUT2D eigenvalue weighted by Gasteiger charge is -2.22. The summed E-state index contributed by atoms with van der Waals surface area (Å²) in [5, 5.41) is 1.92. The van der Waals surface area contributed by atoms with Gasteiger partial charge in [0.15, 0.2) is 0 Å². The second-order valence-corrected chi connectivity index (χ2v) is 8.30. The molecule has 1 atom stereocenters. The molecule has 30 heavy (non-hydrogen) atoms. The highest BCUT2D eigenvalue weighted by atomic mass is 35.5. The molecular formula is C26H23ClN2O. The van der Waals surface area contributed by atoms with Crippen molar-refractivity contribution in [3.8, 4) is 11.5 Å². The third-order valence-electron chi connectivity index (χ3n) is 5.74. The molecule has 0 spiro atoms. The predicted molar refractivity (Wildman–Crippen MR) is 124 cm³/mol. The Bertz CT molecular complexity index is 1180. The molecule has 0 amide bonds. The molecule has 3 nitrogen and oxygen atoms in total. The van der Waals surface area contributed by atoms with E-state index >= 15 is 0 Å². The number of nitrogens with zero attached hydrogens (tertiary/aromatic N) is 2. The summed E-state index contributed by atoms with van der Waals surface area (Å²) in [6, 6.07) is 26.5. The van der Waals surface area contributed by atoms with Gasteiger partial charge in [0.05, 0.1) is 5.52 Å². The van der Waals surface area contributed by atoms with Crippen molar-refractivity contribution >= 4 is 28.2 Å². The summed E-state index contributed by atoms with van der Waals surface area (Å²) in [5.41, 5.74) is 4.61. The minimum atomic E-state index is 0.509. The molecule has 1 aliphatic rings. The summed E-state index contributed by atoms with van der Waals surface area (Å²) in [7, 11) is 0. The highest BCUT2D eigenvalue weighted by Gasteiger charge is 2.25. The number of hydrogen-bond donors (Lipinski definition) is 0. The van der Waals surface area contributed by atoms with Crippen LogP contribution in [0, 0.1) is 6.92 Å². The van der Waals surface area contributed by atoms with Crippen LogP contribution in [-0.4, -0.2) is 18.1 Å². The molecule has 2 heterocycles. The quantitative estimate of drug-likeness (QED) is 0.360. The first kappa shape index (κ1) is 19.0. The fourth-order valence-corrected chi connectivity index (χ4v) is 4.38. The Kier molecular flexibility index (Phi) is 5.06. The van der Waals surface area contributed by atoms with E-state index in [1.807, 2.05) is 48.5 Å². The summed E-state index contributed by atoms with van der Waals surface area (Å²) in [6.07, 6.45) is 1.13. The van der Waals surface area contributed by atoms with E-state index in [4.69, 9.17) is 21.3 Å². The molecule has 4 aromatic rings. The van der Waals surface area contributed by atoms with Gasteiger partial charge in [-0.05, 0) is 67.4 Å². The van der Waals surface area contributed by atoms with E-state index in [0.717, 1.165) is 52.6 Å². The minimum absolute atomic E-state index is 0.509. The molecule has 1 unspecified atom stereocenters. The lowest BCUT2D eigenvalue weighted by atomic mass is 9.99. The molecule has 1 saturated heterocycles. The van der Waals surface area contributed by atoms with Crippen LogP contribution in [0.2, 0.25) is 5.02 Å². The third-order valence-corrected chi connectivity index (χ3v) is 5.99. The van der Waals surface area contributed by atoms with E-state index in [9.17, 15) is 0 Å². The van der Waals surface area contributed by atoms with Crippen molar-refractivity contribution < 1.29 is 4.74 Å². The van der Waals surface area contributed by atoms with E-state index in [0.29, 0.717) is 5.92 Å². The van der Waals surface area contributed by atoms with Crippen molar-refractivity contribution in [3.05, 3.63) is 95.1 Å². The lowest BCUT2D eigenvalue weighted by molar-refractivity contribution is 0.483. The van der Waals surface area contributed by atoms with Crippen LogP contribution >= 0.6 is 11.6 Å². The molecule has 0 saturated carbocycles. The van der Waals surface area contributed by atoms with Gasteiger partial charge in [-0.15, -0.1) is 0 Å². The number of rotatable bonds is 4. The van der Waals surface area contributed by atoms with Crippen molar-refractivity contribution in [2.24, 2.45) is 0 Å². The van der Waals surface area contributed by atoms with Gasteiger partial charge in [0.25, 0.3) is 0 Å². The number of aromatic nitrogens is 1. The largest absolute Gasteiger partial charge is 0.457 e. The zero-order chi connectivity index (χ0) is 20.5. The molecule has 5 rings (SSSR count). The highest BCUT2D eigenvalue weighted by molar-refractivity contribution is 6.30. The molecule has 1 fully saturated rings. The second-order valence-electron chi connectivity index (χ2n) is 7.86. The summed E-state index contributed by atoms with van der Waals surface area (Å²) in [4.78, 5) is 7.22. The van der Waals surface area contributed by atoms with Gasteiger partial charge in [-0.2, -0.15) is 0 Å². The minimum Gasteiger partial charge on any atom is -0.457 e. The normalized spacial score (nSPS) is 16.2. The highest BCUT2D eigenvalue weighted by Crippen LogP contribution is 2.37. The van der Waals surface area contributed by atoms with Gasteiger partial charge in [0.2, 0.25) is 0 Å². The molecule has 0 radical (unpaired) electrons. The molecule has 1 aliphatic heterocycles. The number of halogens is 1. The molecule has 3 aromatic carbocycles. The number of benzene rings is 3. The monoisotopic (exact) mass is 414 g/mol. The lowest BCUT2D eigenvalue weighted by Crippen LogP contribution is -2.19. The molecule has 150 valence electrons. The smallest absolute Gasteiger partial charge is 0.128 e. The maximum Gasteiger partial charge on any atom is 0.128 e. The van der Waals surface area contributed by atoms with Gasteiger partial charge in [0, 0.05) is 40.8 Å². The van der Waals surface area contributed by atoms with Crippen LogP contribution in [0.5, 0.6) is 11.5 Å². The third kappa shape index (κ3) is 3.86. The maximum atomic E-state index is 6.08. The first-order chi connectivity index (χ1) is 14.7. The van der Waals surface area contributed by atoms with Gasteiger partial charge in [-0.25, -0.2) is 0 Å². The number of aryl methyl sites for hydroxylation is 1. The Balaban J connectivity index is 1.47. The van der Waals surface area contributed by atoms with E-state index in [-0.39, 0.29) is 0 Å². The second kappa shape index (κ2) is 8.00. The number of fused-ring (bicyclic) bond motifs is 1. The Morgan fingerprint density at radius 3 is 2.53 bits per heavy atom. The molecule has 4 heteroatoms. The first-order valence-corrected chi connectivity index (χ1v) is 10.7. The number of ether oxygens (including phenoxy) is 1. The van der Waals surface area contributed by atoms with Gasteiger partial charge in [-0.3, -0.25) is 4.98 Å². The van der Waals surface area contributed by atoms with Crippen molar-refractivity contribution in [3.63, 3.8) is 0 Å². The molecular weight excluding hydrogens is 392 g/mol. The Morgan fingerprint density at radius 2 is 1.73 bits per heavy atom. The van der Waals surface area contributed by atoms with Crippen LogP contribution < -0.4 is 9.64 Å². The summed E-state index contributed by atoms with van der Waals surface area (Å²) in [5.74, 6) is 2.17. The summed E-state index contributed by atoms with van der Waals surface area (Å²) < 4.78 is 6.08. The van der Waals surface area contributed by atoms with Crippen molar-refractivity contribution in [1.82, 2.24) is 4.98 Å². The predicted octanol–water partition coefficient (Wildman–Crippen LogP) is 6.98. The van der Waals surface area contributed by atoms with Crippen LogP contribution in [0.1, 0.15) is 23.6 Å². The average molecular weight is 415 g/mol. The van der Waals surface area contributed by atoms with E-state index in [1.54, 1.807) is 0 Å². The van der Waals surface area contributed by atoms with Crippen molar-refractivity contribution in [1.29, 1.82) is 0 Å². The fourth-order valence-electron chi connectivity index (χ4n) is 4.25. The Labute approximate surface area is 181 Å². The molecule has 1 aromatic heterocycles. The van der Waals surface area contributed by atoms with Gasteiger partial charge in [-0.1, -0.05) is 41.9 Å². The maximum absolute atomic E-state index is 6.08. The Hall–Kier alpha value is -3.04. The van der Waals surface area contributed by atoms with Crippen LogP contribution in [0.15, 0.2) is 78.9 Å². The summed E-state index contributed by atoms with van der Waals surface area (Å²) in [6.45, 7) is 4.07. The Morgan fingerprint density at radius 1 is 0.933 bits per heavy atom. The SMILES string of the molecule is Cc1cc(N2CCC(c3ccc(Cl)cc3)C2)c2cc(Oc3ccccc3)ccc2n1. The van der Waals surface area contributed by atoms with E-state index in [2.05, 4.69) is 42.2 Å². The summed E-state index contributed by atoms with van der Waals surface area (Å²) >= 11 is 6.07. The number of hydrogen-bond acceptors (Lipinski definition) is 3. The van der Waals surface area contributed by atoms with Crippen molar-refractivity contribution in [2.75, 3.05) is 18.0 Å². The molecule has 0 N–H and O–H groups in total. The van der Waals surface area contributed by atoms with Gasteiger partial charge in [0.1, 0.15) is 11.5 Å². The molecule has 0 aliphatic carbocycles. The average Bonchev–Trinajstić information content (AvgIpc) is 3.25. The fraction of sp³-hybridized carbons (Fsp3) is 0.192. The van der Waals surface area contributed by atoms with E-state index in [1.165, 1.54) is 11.3 Å². The topological polar surface area (TPSA) is 25.4 Å². The number of anilines is 1. The first-order valence-electron chi connectivity index (χ1n) is 10.3. The van der Waals surface area contributed by atoms with Crippen LogP contribution in [0.3, 0.4) is 0 Å². The molecule has 0 bridgehead atoms. The van der Waals surface area contributed by atoms with Crippen LogP contribution in [-0.2, 0) is 0 Å². The number of para-hydroxylation sites is 1. The zero-order valence-corrected chi connectivity index (χ0v) is 17.6. The standard InChI is InChI=1S/C26H23ClN2O/c1-18-15-26(29-14-13-20(17-29)19-7-9-21(27)10-8-19)24-16-23(11-12-25(24)28-18)30-22-5-3-2-4-6-22/h2-12,15-16,20H,13-14,17H2,1H3. The zero-order valence-electron chi connectivity index (χ0n) is 16.9.